The van der Waals surface area contributed by atoms with Crippen molar-refractivity contribution in [3.05, 3.63) is 253 Å². The lowest BCUT2D eigenvalue weighted by Crippen LogP contribution is -2.10. The van der Waals surface area contributed by atoms with Gasteiger partial charge in [0.15, 0.2) is 0 Å². The summed E-state index contributed by atoms with van der Waals surface area (Å²) in [7, 11) is 0. The van der Waals surface area contributed by atoms with Gasteiger partial charge in [0.2, 0.25) is 0 Å². The van der Waals surface area contributed by atoms with Gasteiger partial charge in [-0.05, 0) is 171 Å². The number of nitrogens with zero attached hydrogens (tertiary/aromatic N) is 4. The molecule has 318 valence electrons. The van der Waals surface area contributed by atoms with Crippen LogP contribution in [0, 0.1) is 25.5 Å². The molecular weight excluding hydrogens is 815 g/mol. The van der Waals surface area contributed by atoms with E-state index in [0.717, 1.165) is 89.8 Å². The van der Waals surface area contributed by atoms with E-state index in [9.17, 15) is 8.78 Å². The van der Waals surface area contributed by atoms with Crippen LogP contribution < -0.4 is 9.80 Å². The molecular formula is C60H44F2N4. The van der Waals surface area contributed by atoms with E-state index in [1.54, 1.807) is 0 Å². The van der Waals surface area contributed by atoms with Crippen molar-refractivity contribution in [3.63, 3.8) is 0 Å². The van der Waals surface area contributed by atoms with E-state index in [1.165, 1.54) is 35.4 Å². The van der Waals surface area contributed by atoms with Crippen LogP contribution in [0.2, 0.25) is 0 Å². The van der Waals surface area contributed by atoms with Gasteiger partial charge in [-0.15, -0.1) is 0 Å². The summed E-state index contributed by atoms with van der Waals surface area (Å²) in [6.45, 7) is 4.15. The van der Waals surface area contributed by atoms with Crippen molar-refractivity contribution in [2.24, 2.45) is 0 Å². The summed E-state index contributed by atoms with van der Waals surface area (Å²) in [5, 5.41) is 2.23. The van der Waals surface area contributed by atoms with Crippen molar-refractivity contribution in [2.75, 3.05) is 9.80 Å². The number of para-hydroxylation sites is 2. The Balaban J connectivity index is 1.03. The molecule has 0 spiro atoms. The van der Waals surface area contributed by atoms with Gasteiger partial charge in [0.25, 0.3) is 0 Å². The van der Waals surface area contributed by atoms with Gasteiger partial charge in [0.1, 0.15) is 11.6 Å². The van der Waals surface area contributed by atoms with E-state index in [-0.39, 0.29) is 11.6 Å². The minimum atomic E-state index is -0.268. The SMILES string of the molecule is Cc1ccc(N(c2ccc(F)cc2)c2ccc(-c3cc4cc5c(cc(-c6ccc(N(c7ccc(C)cc7)c7ccc(F)cc7)cc6)n5-c5ccccc5)cc4n3-c3ccccc3)cc2)cc1. The molecule has 9 aromatic carbocycles. The van der Waals surface area contributed by atoms with Crippen molar-refractivity contribution in [1.29, 1.82) is 0 Å². The van der Waals surface area contributed by atoms with Crippen LogP contribution in [0.1, 0.15) is 11.1 Å². The standard InChI is InChI=1S/C60H44F2N4/c1-41-13-25-51(26-14-41)63(55-33-21-47(61)22-34-55)53-29-17-43(18-30-53)57-37-45-39-60-46(40-59(45)65(57)49-9-5-3-6-10-49)38-58(66(60)50-11-7-4-8-12-50)44-19-31-54(32-20-44)64(52-27-15-42(2)16-28-52)56-35-23-48(62)24-36-56/h3-40H,1-2H3. The van der Waals surface area contributed by atoms with Crippen molar-refractivity contribution < 1.29 is 8.78 Å². The molecule has 0 saturated carbocycles. The summed E-state index contributed by atoms with van der Waals surface area (Å²) in [6, 6.07) is 77.6. The predicted molar refractivity (Wildman–Crippen MR) is 270 cm³/mol. The molecule has 66 heavy (non-hydrogen) atoms. The molecule has 2 heterocycles. The Morgan fingerprint density at radius 3 is 0.924 bits per heavy atom. The maximum Gasteiger partial charge on any atom is 0.123 e. The van der Waals surface area contributed by atoms with E-state index in [1.807, 2.05) is 36.4 Å². The molecule has 4 nitrogen and oxygen atoms in total. The topological polar surface area (TPSA) is 16.3 Å². The largest absolute Gasteiger partial charge is 0.311 e. The summed E-state index contributed by atoms with van der Waals surface area (Å²) in [6.07, 6.45) is 0. The summed E-state index contributed by atoms with van der Waals surface area (Å²) in [5.74, 6) is -0.536. The predicted octanol–water partition coefficient (Wildman–Crippen LogP) is 16.7. The minimum Gasteiger partial charge on any atom is -0.311 e. The quantitative estimate of drug-likeness (QED) is 0.136. The highest BCUT2D eigenvalue weighted by molar-refractivity contribution is 6.02. The average molecular weight is 859 g/mol. The summed E-state index contributed by atoms with van der Waals surface area (Å²) >= 11 is 0. The van der Waals surface area contributed by atoms with Crippen molar-refractivity contribution in [2.45, 2.75) is 13.8 Å². The lowest BCUT2D eigenvalue weighted by Gasteiger charge is -2.26. The number of hydrogen-bond acceptors (Lipinski definition) is 2. The average Bonchev–Trinajstić information content (AvgIpc) is 3.92. The number of fused-ring (bicyclic) bond motifs is 2. The van der Waals surface area contributed by atoms with Crippen LogP contribution in [-0.2, 0) is 0 Å². The highest BCUT2D eigenvalue weighted by Gasteiger charge is 2.20. The van der Waals surface area contributed by atoms with Gasteiger partial charge in [-0.25, -0.2) is 8.78 Å². The Morgan fingerprint density at radius 1 is 0.318 bits per heavy atom. The number of aryl methyl sites for hydroxylation is 2. The lowest BCUT2D eigenvalue weighted by molar-refractivity contribution is 0.627. The highest BCUT2D eigenvalue weighted by atomic mass is 19.1. The first kappa shape index (κ1) is 40.3. The summed E-state index contributed by atoms with van der Waals surface area (Å²) in [5.41, 5.74) is 16.6. The third-order valence-corrected chi connectivity index (χ3v) is 12.3. The first-order valence-electron chi connectivity index (χ1n) is 22.1. The molecule has 0 saturated heterocycles. The number of anilines is 6. The zero-order valence-electron chi connectivity index (χ0n) is 36.5. The molecule has 0 fully saturated rings. The van der Waals surface area contributed by atoms with Crippen LogP contribution in [0.4, 0.5) is 42.9 Å². The summed E-state index contributed by atoms with van der Waals surface area (Å²) in [4.78, 5) is 4.31. The fourth-order valence-electron chi connectivity index (χ4n) is 9.07. The second kappa shape index (κ2) is 16.9. The van der Waals surface area contributed by atoms with Gasteiger partial charge < -0.3 is 18.9 Å². The van der Waals surface area contributed by atoms with E-state index in [0.29, 0.717) is 0 Å². The number of hydrogen-bond donors (Lipinski definition) is 0. The second-order valence-electron chi connectivity index (χ2n) is 16.8. The normalized spacial score (nSPS) is 11.3. The molecule has 0 atom stereocenters. The Morgan fingerprint density at radius 2 is 0.606 bits per heavy atom. The minimum absolute atomic E-state index is 0.268. The second-order valence-corrected chi connectivity index (χ2v) is 16.8. The first-order chi connectivity index (χ1) is 32.3. The smallest absolute Gasteiger partial charge is 0.123 e. The van der Waals surface area contributed by atoms with Crippen molar-refractivity contribution in [1.82, 2.24) is 9.13 Å². The van der Waals surface area contributed by atoms with Gasteiger partial charge in [-0.3, -0.25) is 0 Å². The Bertz CT molecular complexity index is 3120. The number of benzene rings is 9. The molecule has 0 aliphatic carbocycles. The van der Waals surface area contributed by atoms with E-state index < -0.39 is 0 Å². The Hall–Kier alpha value is -8.48. The zero-order valence-corrected chi connectivity index (χ0v) is 36.5. The van der Waals surface area contributed by atoms with Crippen molar-refractivity contribution >= 4 is 55.9 Å². The van der Waals surface area contributed by atoms with E-state index >= 15 is 0 Å². The third-order valence-electron chi connectivity index (χ3n) is 12.3. The maximum atomic E-state index is 14.1. The molecule has 11 rings (SSSR count). The molecule has 0 amide bonds. The van der Waals surface area contributed by atoms with Crippen LogP contribution in [0.25, 0.3) is 55.7 Å². The summed E-state index contributed by atoms with van der Waals surface area (Å²) < 4.78 is 32.9. The highest BCUT2D eigenvalue weighted by Crippen LogP contribution is 2.42. The molecule has 0 unspecified atom stereocenters. The Kier molecular flexibility index (Phi) is 10.3. The van der Waals surface area contributed by atoms with Crippen LogP contribution in [-0.4, -0.2) is 9.13 Å². The van der Waals surface area contributed by atoms with Gasteiger partial charge >= 0.3 is 0 Å². The molecule has 11 aromatic rings. The molecule has 2 aromatic heterocycles. The first-order valence-corrected chi connectivity index (χ1v) is 22.1. The van der Waals surface area contributed by atoms with E-state index in [2.05, 4.69) is 203 Å². The monoisotopic (exact) mass is 858 g/mol. The van der Waals surface area contributed by atoms with Crippen molar-refractivity contribution in [3.8, 4) is 33.9 Å². The van der Waals surface area contributed by atoms with E-state index in [4.69, 9.17) is 0 Å². The Labute approximate surface area is 383 Å². The zero-order chi connectivity index (χ0) is 44.7. The number of aromatic nitrogens is 2. The lowest BCUT2D eigenvalue weighted by atomic mass is 10.1. The van der Waals surface area contributed by atoms with Gasteiger partial charge in [-0.2, -0.15) is 0 Å². The van der Waals surface area contributed by atoms with Gasteiger partial charge in [-0.1, -0.05) is 96.1 Å². The van der Waals surface area contributed by atoms with Gasteiger partial charge in [0.05, 0.1) is 22.4 Å². The fraction of sp³-hybridized carbons (Fsp3) is 0.0333. The molecule has 0 N–H and O–H groups in total. The van der Waals surface area contributed by atoms with Crippen LogP contribution in [0.5, 0.6) is 0 Å². The molecule has 0 aliphatic heterocycles. The number of rotatable bonds is 10. The fourth-order valence-corrected chi connectivity index (χ4v) is 9.07. The third kappa shape index (κ3) is 7.58. The number of halogens is 2. The molecule has 6 heteroatoms. The van der Waals surface area contributed by atoms with Crippen LogP contribution in [0.15, 0.2) is 231 Å². The van der Waals surface area contributed by atoms with Crippen LogP contribution >= 0.6 is 0 Å². The van der Waals surface area contributed by atoms with Gasteiger partial charge in [0, 0.05) is 56.3 Å². The molecule has 0 bridgehead atoms. The maximum absolute atomic E-state index is 14.1. The molecule has 0 aliphatic rings. The molecule has 0 radical (unpaired) electrons. The van der Waals surface area contributed by atoms with Crippen LogP contribution in [0.3, 0.4) is 0 Å².